The van der Waals surface area contributed by atoms with Crippen molar-refractivity contribution in [2.24, 2.45) is 0 Å². The van der Waals surface area contributed by atoms with Gasteiger partial charge in [-0.1, -0.05) is 41.5 Å². The van der Waals surface area contributed by atoms with Gasteiger partial charge in [-0.05, 0) is 48.0 Å². The van der Waals surface area contributed by atoms with Crippen LogP contribution in [0.2, 0.25) is 0 Å². The monoisotopic (exact) mass is 449 g/mol. The van der Waals surface area contributed by atoms with Crippen LogP contribution in [0.1, 0.15) is 21.8 Å². The molecule has 3 aromatic carbocycles. The van der Waals surface area contributed by atoms with E-state index in [9.17, 15) is 13.2 Å². The highest BCUT2D eigenvalue weighted by atomic mass is 32.2. The molecule has 1 aromatic heterocycles. The average molecular weight is 449 g/mol. The zero-order valence-corrected chi connectivity index (χ0v) is 17.9. The predicted molar refractivity (Wildman–Crippen MR) is 118 cm³/mol. The molecular formula is C23H19N3O5S. The molecule has 0 spiro atoms. The first-order chi connectivity index (χ1) is 15.4. The second-order valence-corrected chi connectivity index (χ2v) is 9.01. The van der Waals surface area contributed by atoms with Crippen molar-refractivity contribution < 1.29 is 22.4 Å². The van der Waals surface area contributed by atoms with Crippen LogP contribution in [0.15, 0.2) is 88.2 Å². The number of nitrogens with zero attached hydrogens (tertiary/aromatic N) is 2. The molecule has 0 aliphatic carbocycles. The summed E-state index contributed by atoms with van der Waals surface area (Å²) < 4.78 is 34.3. The van der Waals surface area contributed by atoms with Gasteiger partial charge in [0.15, 0.2) is 9.84 Å². The molecule has 1 heterocycles. The summed E-state index contributed by atoms with van der Waals surface area (Å²) in [4.78, 5) is 12.8. The zero-order chi connectivity index (χ0) is 22.6. The van der Waals surface area contributed by atoms with Crippen molar-refractivity contribution >= 4 is 21.8 Å². The molecule has 1 amide bonds. The number of para-hydroxylation sites is 1. The summed E-state index contributed by atoms with van der Waals surface area (Å²) in [6.45, 7) is 0. The van der Waals surface area contributed by atoms with E-state index < -0.39 is 15.7 Å². The van der Waals surface area contributed by atoms with Crippen LogP contribution in [0.25, 0.3) is 0 Å². The summed E-state index contributed by atoms with van der Waals surface area (Å²) in [6.07, 6.45) is 1.45. The maximum Gasteiger partial charge on any atom is 0.322 e. The van der Waals surface area contributed by atoms with Gasteiger partial charge in [-0.3, -0.25) is 10.1 Å². The second kappa shape index (κ2) is 9.03. The fourth-order valence-corrected chi connectivity index (χ4v) is 3.53. The van der Waals surface area contributed by atoms with Crippen molar-refractivity contribution in [2.45, 2.75) is 11.3 Å². The van der Waals surface area contributed by atoms with E-state index in [0.717, 1.165) is 11.8 Å². The number of nitrogens with one attached hydrogen (secondary N) is 1. The fourth-order valence-electron chi connectivity index (χ4n) is 2.90. The minimum atomic E-state index is -3.26. The van der Waals surface area contributed by atoms with Crippen LogP contribution in [-0.4, -0.2) is 30.8 Å². The SMILES string of the molecule is CS(=O)(=O)c1ccc(Cc2nnc(NC(=O)c3cccc(Oc4ccccc4)c3)o2)cc1. The third kappa shape index (κ3) is 5.38. The summed E-state index contributed by atoms with van der Waals surface area (Å²) in [5.74, 6) is 1.05. The number of anilines is 1. The minimum absolute atomic E-state index is 0.0351. The predicted octanol–water partition coefficient (Wildman–Crippen LogP) is 4.11. The number of aromatic nitrogens is 2. The third-order valence-corrected chi connectivity index (χ3v) is 5.60. The van der Waals surface area contributed by atoms with E-state index in [0.29, 0.717) is 23.5 Å². The summed E-state index contributed by atoms with van der Waals surface area (Å²) in [6, 6.07) is 22.3. The standard InChI is InChI=1S/C23H19N3O5S/c1-32(28,29)20-12-10-16(11-13-20)14-21-25-26-23(31-21)24-22(27)17-6-5-9-19(15-17)30-18-7-3-2-4-8-18/h2-13,15H,14H2,1H3,(H,24,26,27). The van der Waals surface area contributed by atoms with Gasteiger partial charge in [0.05, 0.1) is 11.3 Å². The van der Waals surface area contributed by atoms with Gasteiger partial charge in [-0.15, -0.1) is 5.10 Å². The van der Waals surface area contributed by atoms with Gasteiger partial charge < -0.3 is 9.15 Å². The van der Waals surface area contributed by atoms with Gasteiger partial charge >= 0.3 is 6.01 Å². The van der Waals surface area contributed by atoms with Crippen LogP contribution in [0.5, 0.6) is 11.5 Å². The topological polar surface area (TPSA) is 111 Å². The van der Waals surface area contributed by atoms with Crippen LogP contribution in [-0.2, 0) is 16.3 Å². The van der Waals surface area contributed by atoms with E-state index >= 15 is 0 Å². The van der Waals surface area contributed by atoms with Crippen molar-refractivity contribution in [3.05, 3.63) is 95.9 Å². The first-order valence-corrected chi connectivity index (χ1v) is 11.5. The molecule has 4 aromatic rings. The summed E-state index contributed by atoms with van der Waals surface area (Å²) in [7, 11) is -3.26. The van der Waals surface area contributed by atoms with Crippen molar-refractivity contribution in [1.82, 2.24) is 10.2 Å². The largest absolute Gasteiger partial charge is 0.457 e. The van der Waals surface area contributed by atoms with Crippen LogP contribution in [0.3, 0.4) is 0 Å². The number of sulfone groups is 1. The van der Waals surface area contributed by atoms with Crippen molar-refractivity contribution in [2.75, 3.05) is 11.6 Å². The first kappa shape index (κ1) is 21.3. The van der Waals surface area contributed by atoms with E-state index in [1.54, 1.807) is 36.4 Å². The number of carbonyl (C=O) groups excluding carboxylic acids is 1. The van der Waals surface area contributed by atoms with Crippen LogP contribution in [0, 0.1) is 0 Å². The molecule has 0 aliphatic heterocycles. The molecule has 8 nitrogen and oxygen atoms in total. The molecule has 162 valence electrons. The summed E-state index contributed by atoms with van der Waals surface area (Å²) >= 11 is 0. The van der Waals surface area contributed by atoms with Crippen molar-refractivity contribution in [3.63, 3.8) is 0 Å². The molecule has 9 heteroatoms. The summed E-state index contributed by atoms with van der Waals surface area (Å²) in [5.41, 5.74) is 1.17. The Labute approximate surface area is 184 Å². The lowest BCUT2D eigenvalue weighted by molar-refractivity contribution is 0.102. The van der Waals surface area contributed by atoms with Gasteiger partial charge in [0.2, 0.25) is 5.89 Å². The number of ether oxygens (including phenoxy) is 1. The molecular weight excluding hydrogens is 430 g/mol. The number of rotatable bonds is 7. The molecule has 0 radical (unpaired) electrons. The normalized spacial score (nSPS) is 11.2. The Morgan fingerprint density at radius 1 is 0.938 bits per heavy atom. The highest BCUT2D eigenvalue weighted by molar-refractivity contribution is 7.90. The maximum atomic E-state index is 12.6. The second-order valence-electron chi connectivity index (χ2n) is 6.99. The maximum absolute atomic E-state index is 12.6. The first-order valence-electron chi connectivity index (χ1n) is 9.62. The quantitative estimate of drug-likeness (QED) is 0.452. The van der Waals surface area contributed by atoms with E-state index in [1.165, 1.54) is 12.1 Å². The molecule has 1 N–H and O–H groups in total. The molecule has 0 fully saturated rings. The Kier molecular flexibility index (Phi) is 6.00. The molecule has 0 unspecified atom stereocenters. The van der Waals surface area contributed by atoms with Gasteiger partial charge in [0, 0.05) is 11.8 Å². The van der Waals surface area contributed by atoms with Gasteiger partial charge in [0.1, 0.15) is 11.5 Å². The number of carbonyl (C=O) groups is 1. The fraction of sp³-hybridized carbons (Fsp3) is 0.0870. The summed E-state index contributed by atoms with van der Waals surface area (Å²) in [5, 5.41) is 10.3. The smallest absolute Gasteiger partial charge is 0.322 e. The van der Waals surface area contributed by atoms with Gasteiger partial charge in [-0.25, -0.2) is 8.42 Å². The lowest BCUT2D eigenvalue weighted by Crippen LogP contribution is -2.12. The van der Waals surface area contributed by atoms with E-state index in [-0.39, 0.29) is 16.8 Å². The lowest BCUT2D eigenvalue weighted by Gasteiger charge is -2.07. The van der Waals surface area contributed by atoms with Gasteiger partial charge in [0.25, 0.3) is 5.91 Å². The molecule has 0 bridgehead atoms. The molecule has 0 atom stereocenters. The van der Waals surface area contributed by atoms with Crippen molar-refractivity contribution in [1.29, 1.82) is 0 Å². The van der Waals surface area contributed by atoms with Crippen LogP contribution < -0.4 is 10.1 Å². The Morgan fingerprint density at radius 3 is 2.38 bits per heavy atom. The van der Waals surface area contributed by atoms with E-state index in [1.807, 2.05) is 30.3 Å². The average Bonchev–Trinajstić information content (AvgIpc) is 3.21. The Bertz CT molecular complexity index is 1330. The number of hydrogen-bond acceptors (Lipinski definition) is 7. The minimum Gasteiger partial charge on any atom is -0.457 e. The molecule has 32 heavy (non-hydrogen) atoms. The van der Waals surface area contributed by atoms with Crippen LogP contribution >= 0.6 is 0 Å². The highest BCUT2D eigenvalue weighted by Gasteiger charge is 2.14. The van der Waals surface area contributed by atoms with Gasteiger partial charge in [-0.2, -0.15) is 0 Å². The Morgan fingerprint density at radius 2 is 1.66 bits per heavy atom. The molecule has 0 aliphatic rings. The molecule has 4 rings (SSSR count). The number of amides is 1. The van der Waals surface area contributed by atoms with E-state index in [4.69, 9.17) is 9.15 Å². The number of hydrogen-bond donors (Lipinski definition) is 1. The van der Waals surface area contributed by atoms with Crippen LogP contribution in [0.4, 0.5) is 6.01 Å². The Balaban J connectivity index is 1.40. The lowest BCUT2D eigenvalue weighted by atomic mass is 10.1. The molecule has 0 saturated carbocycles. The third-order valence-electron chi connectivity index (χ3n) is 4.47. The highest BCUT2D eigenvalue weighted by Crippen LogP contribution is 2.22. The zero-order valence-electron chi connectivity index (χ0n) is 17.1. The van der Waals surface area contributed by atoms with Crippen molar-refractivity contribution in [3.8, 4) is 11.5 Å². The molecule has 0 saturated heterocycles. The van der Waals surface area contributed by atoms with E-state index in [2.05, 4.69) is 15.5 Å². The number of benzene rings is 3. The Hall–Kier alpha value is -3.98.